The molecule has 9 heteroatoms. The number of fused-ring (bicyclic) bond motifs is 1. The first-order valence-electron chi connectivity index (χ1n) is 16.0. The fourth-order valence-electron chi connectivity index (χ4n) is 7.30. The third-order valence-electron chi connectivity index (χ3n) is 9.89. The van der Waals surface area contributed by atoms with E-state index in [2.05, 4.69) is 68.9 Å². The van der Waals surface area contributed by atoms with E-state index in [1.165, 1.54) is 48.8 Å². The average molecular weight is 584 g/mol. The van der Waals surface area contributed by atoms with Gasteiger partial charge in [0, 0.05) is 51.2 Å². The van der Waals surface area contributed by atoms with E-state index in [0.717, 1.165) is 31.6 Å². The molecule has 2 aromatic carbocycles. The normalized spacial score (nSPS) is 21.1. The molecule has 2 N–H and O–H groups in total. The van der Waals surface area contributed by atoms with Gasteiger partial charge in [-0.15, -0.1) is 0 Å². The van der Waals surface area contributed by atoms with Gasteiger partial charge in [-0.25, -0.2) is 4.98 Å². The molecule has 2 aliphatic heterocycles. The first kappa shape index (κ1) is 29.5. The number of benzene rings is 2. The fraction of sp³-hybridized carbons (Fsp3) is 0.529. The predicted octanol–water partition coefficient (Wildman–Crippen LogP) is 3.27. The van der Waals surface area contributed by atoms with Crippen LogP contribution in [0.15, 0.2) is 61.2 Å². The molecule has 3 aromatic rings. The van der Waals surface area contributed by atoms with E-state index < -0.39 is 6.04 Å². The molecular formula is C34H45N7O2. The molecule has 1 aromatic heterocycles. The van der Waals surface area contributed by atoms with Gasteiger partial charge in [-0.3, -0.25) is 19.2 Å². The van der Waals surface area contributed by atoms with E-state index in [9.17, 15) is 9.59 Å². The highest BCUT2D eigenvalue weighted by atomic mass is 16.2. The van der Waals surface area contributed by atoms with Crippen molar-refractivity contribution in [3.63, 3.8) is 0 Å². The zero-order chi connectivity index (χ0) is 29.6. The fourth-order valence-corrected chi connectivity index (χ4v) is 7.30. The number of piperazine rings is 1. The Morgan fingerprint density at radius 2 is 1.74 bits per heavy atom. The topological polar surface area (TPSA) is 95.4 Å². The van der Waals surface area contributed by atoms with Gasteiger partial charge in [0.1, 0.15) is 18.7 Å². The number of nitrogens with one attached hydrogen (secondary N) is 2. The molecule has 6 rings (SSSR count). The highest BCUT2D eigenvalue weighted by Gasteiger charge is 2.40. The van der Waals surface area contributed by atoms with Crippen LogP contribution in [0.1, 0.15) is 60.8 Å². The van der Waals surface area contributed by atoms with Crippen molar-refractivity contribution in [3.8, 4) is 0 Å². The number of hydrogen-bond acceptors (Lipinski definition) is 6. The molecule has 0 bridgehead atoms. The number of carbonyl (C=O) groups excluding carboxylic acids is 2. The molecule has 9 nitrogen and oxygen atoms in total. The van der Waals surface area contributed by atoms with Crippen LogP contribution >= 0.6 is 0 Å². The first-order valence-corrected chi connectivity index (χ1v) is 16.0. The van der Waals surface area contributed by atoms with Crippen molar-refractivity contribution in [2.24, 2.45) is 0 Å². The van der Waals surface area contributed by atoms with Crippen molar-refractivity contribution in [2.45, 2.75) is 89.0 Å². The maximum absolute atomic E-state index is 14.1. The van der Waals surface area contributed by atoms with Crippen molar-refractivity contribution >= 4 is 11.8 Å². The van der Waals surface area contributed by atoms with Crippen LogP contribution in [0.5, 0.6) is 0 Å². The van der Waals surface area contributed by atoms with Gasteiger partial charge in [-0.2, -0.15) is 5.10 Å². The lowest BCUT2D eigenvalue weighted by Gasteiger charge is -2.50. The van der Waals surface area contributed by atoms with Gasteiger partial charge in [-0.1, -0.05) is 73.4 Å². The van der Waals surface area contributed by atoms with Gasteiger partial charge in [0.2, 0.25) is 11.8 Å². The van der Waals surface area contributed by atoms with Crippen LogP contribution < -0.4 is 10.6 Å². The molecule has 2 unspecified atom stereocenters. The lowest BCUT2D eigenvalue weighted by Crippen LogP contribution is -2.62. The SMILES string of the molecule is Cc1ccc(CC(NC(=O)C2Cc3ccccc3CN2)C(=O)N2CCN(C3(CCn4cncn4)CCCCC3)CC2)cc1. The summed E-state index contributed by atoms with van der Waals surface area (Å²) in [5, 5.41) is 10.9. The smallest absolute Gasteiger partial charge is 0.245 e. The molecule has 3 heterocycles. The van der Waals surface area contributed by atoms with Gasteiger partial charge >= 0.3 is 0 Å². The van der Waals surface area contributed by atoms with Crippen molar-refractivity contribution in [3.05, 3.63) is 83.4 Å². The maximum atomic E-state index is 14.1. The van der Waals surface area contributed by atoms with Gasteiger partial charge in [0.05, 0.1) is 6.04 Å². The summed E-state index contributed by atoms with van der Waals surface area (Å²) in [7, 11) is 0. The quantitative estimate of drug-likeness (QED) is 0.402. The molecule has 1 saturated carbocycles. The average Bonchev–Trinajstić information content (AvgIpc) is 3.58. The molecule has 3 aliphatic rings. The van der Waals surface area contributed by atoms with Gasteiger partial charge < -0.3 is 15.5 Å². The molecule has 0 spiro atoms. The number of aromatic nitrogens is 3. The second kappa shape index (κ2) is 13.4. The molecular weight excluding hydrogens is 538 g/mol. The summed E-state index contributed by atoms with van der Waals surface area (Å²) in [5.74, 6) is -0.0852. The molecule has 2 fully saturated rings. The van der Waals surface area contributed by atoms with Crippen LogP contribution in [-0.2, 0) is 35.5 Å². The molecule has 2 atom stereocenters. The Hall–Kier alpha value is -3.56. The zero-order valence-electron chi connectivity index (χ0n) is 25.4. The second-order valence-corrected chi connectivity index (χ2v) is 12.7. The number of nitrogens with zero attached hydrogens (tertiary/aromatic N) is 5. The molecule has 1 aliphatic carbocycles. The van der Waals surface area contributed by atoms with Crippen LogP contribution in [0, 0.1) is 6.92 Å². The first-order chi connectivity index (χ1) is 21.0. The number of amides is 2. The van der Waals surface area contributed by atoms with Crippen LogP contribution in [0.3, 0.4) is 0 Å². The van der Waals surface area contributed by atoms with Crippen LogP contribution in [-0.4, -0.2) is 80.2 Å². The zero-order valence-corrected chi connectivity index (χ0v) is 25.4. The van der Waals surface area contributed by atoms with Crippen molar-refractivity contribution in [1.29, 1.82) is 0 Å². The highest BCUT2D eigenvalue weighted by Crippen LogP contribution is 2.37. The van der Waals surface area contributed by atoms with Crippen molar-refractivity contribution in [2.75, 3.05) is 26.2 Å². The number of aryl methyl sites for hydroxylation is 2. The predicted molar refractivity (Wildman–Crippen MR) is 166 cm³/mol. The van der Waals surface area contributed by atoms with E-state index in [-0.39, 0.29) is 23.4 Å². The molecule has 228 valence electrons. The maximum Gasteiger partial charge on any atom is 0.245 e. The Bertz CT molecular complexity index is 1360. The van der Waals surface area contributed by atoms with Crippen LogP contribution in [0.25, 0.3) is 0 Å². The summed E-state index contributed by atoms with van der Waals surface area (Å²) in [6.07, 6.45) is 11.8. The summed E-state index contributed by atoms with van der Waals surface area (Å²) < 4.78 is 1.94. The summed E-state index contributed by atoms with van der Waals surface area (Å²) >= 11 is 0. The number of hydrogen-bond donors (Lipinski definition) is 2. The Morgan fingerprint density at radius 1 is 1.00 bits per heavy atom. The van der Waals surface area contributed by atoms with Gasteiger partial charge in [0.15, 0.2) is 0 Å². The Balaban J connectivity index is 1.12. The number of carbonyl (C=O) groups is 2. The number of rotatable bonds is 9. The summed E-state index contributed by atoms with van der Waals surface area (Å²) in [4.78, 5) is 36.4. The lowest BCUT2D eigenvalue weighted by atomic mass is 9.77. The van der Waals surface area contributed by atoms with Crippen molar-refractivity contribution in [1.82, 2.24) is 35.2 Å². The van der Waals surface area contributed by atoms with E-state index in [1.54, 1.807) is 12.7 Å². The third-order valence-corrected chi connectivity index (χ3v) is 9.89. The molecule has 43 heavy (non-hydrogen) atoms. The molecule has 1 saturated heterocycles. The third kappa shape index (κ3) is 6.99. The Morgan fingerprint density at radius 3 is 2.47 bits per heavy atom. The van der Waals surface area contributed by atoms with Gasteiger partial charge in [-0.05, 0) is 49.3 Å². The van der Waals surface area contributed by atoms with E-state index >= 15 is 0 Å². The monoisotopic (exact) mass is 583 g/mol. The summed E-state index contributed by atoms with van der Waals surface area (Å²) in [6, 6.07) is 15.6. The van der Waals surface area contributed by atoms with E-state index in [1.807, 2.05) is 21.7 Å². The second-order valence-electron chi connectivity index (χ2n) is 12.7. The minimum atomic E-state index is -0.600. The Labute approximate surface area is 255 Å². The molecule has 2 amide bonds. The Kier molecular flexibility index (Phi) is 9.19. The van der Waals surface area contributed by atoms with Crippen LogP contribution in [0.2, 0.25) is 0 Å². The van der Waals surface area contributed by atoms with Crippen molar-refractivity contribution < 1.29 is 9.59 Å². The molecule has 0 radical (unpaired) electrons. The lowest BCUT2D eigenvalue weighted by molar-refractivity contribution is -0.139. The largest absolute Gasteiger partial charge is 0.343 e. The summed E-state index contributed by atoms with van der Waals surface area (Å²) in [5.41, 5.74) is 4.81. The minimum Gasteiger partial charge on any atom is -0.343 e. The highest BCUT2D eigenvalue weighted by molar-refractivity contribution is 5.90. The van der Waals surface area contributed by atoms with E-state index in [4.69, 9.17) is 0 Å². The standard InChI is InChI=1S/C34H45N7O2/c1-26-9-11-27(12-10-26)21-31(38-32(42)30-22-28-7-3-4-8-29(28)23-36-30)33(43)39-17-19-40(20-18-39)34(13-5-2-6-14-34)15-16-41-25-35-24-37-41/h3-4,7-12,24-25,30-31,36H,2,5-6,13-23H2,1H3,(H,38,42). The minimum absolute atomic E-state index is 0.0186. The van der Waals surface area contributed by atoms with Gasteiger partial charge in [0.25, 0.3) is 0 Å². The van der Waals surface area contributed by atoms with Crippen LogP contribution in [0.4, 0.5) is 0 Å². The summed E-state index contributed by atoms with van der Waals surface area (Å²) in [6.45, 7) is 6.66. The van der Waals surface area contributed by atoms with E-state index in [0.29, 0.717) is 32.5 Å².